The summed E-state index contributed by atoms with van der Waals surface area (Å²) in [5.74, 6) is -0.952. The lowest BCUT2D eigenvalue weighted by Gasteiger charge is -2.25. The minimum Gasteiger partial charge on any atom is -0.477 e. The number of hydrogen-bond donors (Lipinski definition) is 3. The Hall–Kier alpha value is -2.63. The normalized spacial score (nSPS) is 20.4. The number of aryl methyl sites for hydroxylation is 2. The number of carboxylic acid groups (broad SMARTS) is 1. The molecule has 0 radical (unpaired) electrons. The predicted molar refractivity (Wildman–Crippen MR) is 105 cm³/mol. The highest BCUT2D eigenvalue weighted by molar-refractivity contribution is 5.97. The van der Waals surface area contributed by atoms with Crippen LogP contribution in [0.1, 0.15) is 39.2 Å². The fourth-order valence-corrected chi connectivity index (χ4v) is 4.25. The van der Waals surface area contributed by atoms with E-state index in [-0.39, 0.29) is 5.69 Å². The van der Waals surface area contributed by atoms with Gasteiger partial charge in [0, 0.05) is 36.1 Å². The number of benzene rings is 2. The van der Waals surface area contributed by atoms with Crippen LogP contribution in [-0.4, -0.2) is 39.2 Å². The van der Waals surface area contributed by atoms with E-state index in [2.05, 4.69) is 9.88 Å². The van der Waals surface area contributed by atoms with Crippen LogP contribution in [-0.2, 0) is 12.1 Å². The van der Waals surface area contributed by atoms with Crippen LogP contribution in [0.2, 0.25) is 0 Å². The van der Waals surface area contributed by atoms with E-state index < -0.39 is 11.6 Å². The molecular weight excluding hydrogens is 340 g/mol. The number of fused-ring (bicyclic) bond motifs is 1. The number of nitrogens with zero attached hydrogens (tertiary/aromatic N) is 1. The van der Waals surface area contributed by atoms with Crippen LogP contribution in [0.4, 0.5) is 0 Å². The maximum Gasteiger partial charge on any atom is 0.352 e. The van der Waals surface area contributed by atoms with E-state index in [9.17, 15) is 15.0 Å². The van der Waals surface area contributed by atoms with Crippen molar-refractivity contribution in [1.29, 1.82) is 0 Å². The van der Waals surface area contributed by atoms with Gasteiger partial charge in [0.15, 0.2) is 0 Å². The van der Waals surface area contributed by atoms with Gasteiger partial charge in [0.05, 0.1) is 0 Å². The van der Waals surface area contributed by atoms with Crippen molar-refractivity contribution in [3.63, 3.8) is 0 Å². The number of carbonyl (C=O) groups is 1. The average molecular weight is 364 g/mol. The molecule has 0 spiro atoms. The second kappa shape index (κ2) is 6.51. The van der Waals surface area contributed by atoms with E-state index in [1.807, 2.05) is 56.3 Å². The van der Waals surface area contributed by atoms with E-state index in [0.29, 0.717) is 19.5 Å². The maximum atomic E-state index is 11.7. The Kier molecular flexibility index (Phi) is 4.29. The molecule has 5 nitrogen and oxygen atoms in total. The number of aromatic nitrogens is 1. The number of aromatic amines is 1. The van der Waals surface area contributed by atoms with Gasteiger partial charge in [-0.1, -0.05) is 35.9 Å². The number of carboxylic acids is 1. The maximum absolute atomic E-state index is 11.7. The first-order chi connectivity index (χ1) is 12.9. The monoisotopic (exact) mass is 364 g/mol. The van der Waals surface area contributed by atoms with Gasteiger partial charge in [0.2, 0.25) is 0 Å². The van der Waals surface area contributed by atoms with Gasteiger partial charge in [-0.3, -0.25) is 4.90 Å². The van der Waals surface area contributed by atoms with Crippen molar-refractivity contribution >= 4 is 16.9 Å². The summed E-state index contributed by atoms with van der Waals surface area (Å²) in [5.41, 5.74) is 4.10. The zero-order valence-corrected chi connectivity index (χ0v) is 15.6. The summed E-state index contributed by atoms with van der Waals surface area (Å²) in [4.78, 5) is 16.9. The van der Waals surface area contributed by atoms with Crippen LogP contribution >= 0.6 is 0 Å². The molecule has 3 N–H and O–H groups in total. The third-order valence-corrected chi connectivity index (χ3v) is 5.63. The van der Waals surface area contributed by atoms with E-state index in [4.69, 9.17) is 0 Å². The quantitative estimate of drug-likeness (QED) is 0.661. The molecule has 1 aliphatic rings. The fraction of sp³-hybridized carbons (Fsp3) is 0.318. The van der Waals surface area contributed by atoms with Crippen LogP contribution < -0.4 is 0 Å². The second-order valence-electron chi connectivity index (χ2n) is 7.64. The Balaban J connectivity index is 1.66. The molecule has 1 aromatic heterocycles. The molecule has 4 rings (SSSR count). The van der Waals surface area contributed by atoms with Crippen molar-refractivity contribution < 1.29 is 15.0 Å². The molecule has 0 unspecified atom stereocenters. The predicted octanol–water partition coefficient (Wildman–Crippen LogP) is 3.58. The molecule has 0 saturated carbocycles. The minimum atomic E-state index is -0.952. The second-order valence-corrected chi connectivity index (χ2v) is 7.64. The first kappa shape index (κ1) is 17.8. The van der Waals surface area contributed by atoms with Crippen molar-refractivity contribution in [3.8, 4) is 0 Å². The lowest BCUT2D eigenvalue weighted by atomic mass is 9.89. The molecule has 0 amide bonds. The SMILES string of the molecule is Cc1ccc2[nH]c(C(=O)O)c(CN3CC[C@](O)(c4ccccc4C)C3)c2c1. The highest BCUT2D eigenvalue weighted by atomic mass is 16.4. The number of β-amino-alcohol motifs (C(OH)–C–C–N with tert-alkyl or cyclic N) is 1. The van der Waals surface area contributed by atoms with Gasteiger partial charge in [-0.25, -0.2) is 4.79 Å². The first-order valence-electron chi connectivity index (χ1n) is 9.23. The molecule has 1 fully saturated rings. The molecule has 1 saturated heterocycles. The van der Waals surface area contributed by atoms with Gasteiger partial charge in [-0.2, -0.15) is 0 Å². The zero-order valence-electron chi connectivity index (χ0n) is 15.6. The molecule has 140 valence electrons. The lowest BCUT2D eigenvalue weighted by Crippen LogP contribution is -2.31. The highest BCUT2D eigenvalue weighted by Crippen LogP contribution is 2.35. The molecule has 0 bridgehead atoms. The van der Waals surface area contributed by atoms with Crippen molar-refractivity contribution in [2.24, 2.45) is 0 Å². The number of aliphatic hydroxyl groups is 1. The first-order valence-corrected chi connectivity index (χ1v) is 9.23. The average Bonchev–Trinajstić information content (AvgIpc) is 3.17. The Labute approximate surface area is 158 Å². The lowest BCUT2D eigenvalue weighted by molar-refractivity contribution is 0.0447. The molecule has 1 aliphatic heterocycles. The van der Waals surface area contributed by atoms with Gasteiger partial charge in [-0.05, 0) is 43.5 Å². The summed E-state index contributed by atoms with van der Waals surface area (Å²) in [6.45, 7) is 5.74. The summed E-state index contributed by atoms with van der Waals surface area (Å²) in [6, 6.07) is 13.8. The zero-order chi connectivity index (χ0) is 19.2. The summed E-state index contributed by atoms with van der Waals surface area (Å²) in [6.07, 6.45) is 0.641. The number of hydrogen-bond acceptors (Lipinski definition) is 3. The largest absolute Gasteiger partial charge is 0.477 e. The van der Waals surface area contributed by atoms with E-state index in [0.717, 1.165) is 39.7 Å². The highest BCUT2D eigenvalue weighted by Gasteiger charge is 2.39. The van der Waals surface area contributed by atoms with Crippen LogP contribution in [0.25, 0.3) is 10.9 Å². The molecule has 2 heterocycles. The summed E-state index contributed by atoms with van der Waals surface area (Å²) < 4.78 is 0. The third kappa shape index (κ3) is 3.13. The Morgan fingerprint density at radius 3 is 2.74 bits per heavy atom. The molecule has 3 aromatic rings. The van der Waals surface area contributed by atoms with E-state index >= 15 is 0 Å². The Morgan fingerprint density at radius 2 is 2.00 bits per heavy atom. The topological polar surface area (TPSA) is 76.6 Å². The molecule has 27 heavy (non-hydrogen) atoms. The Bertz CT molecular complexity index is 1020. The van der Waals surface area contributed by atoms with E-state index in [1.165, 1.54) is 0 Å². The van der Waals surface area contributed by atoms with Crippen LogP contribution in [0.5, 0.6) is 0 Å². The molecule has 1 atom stereocenters. The van der Waals surface area contributed by atoms with Gasteiger partial charge < -0.3 is 15.2 Å². The molecular formula is C22H24N2O3. The summed E-state index contributed by atoms with van der Waals surface area (Å²) in [7, 11) is 0. The number of H-pyrrole nitrogens is 1. The number of aromatic carboxylic acids is 1. The van der Waals surface area contributed by atoms with Crippen molar-refractivity contribution in [3.05, 3.63) is 70.4 Å². The third-order valence-electron chi connectivity index (χ3n) is 5.63. The summed E-state index contributed by atoms with van der Waals surface area (Å²) >= 11 is 0. The smallest absolute Gasteiger partial charge is 0.352 e. The van der Waals surface area contributed by atoms with Crippen molar-refractivity contribution in [2.45, 2.75) is 32.4 Å². The van der Waals surface area contributed by atoms with Gasteiger partial charge in [-0.15, -0.1) is 0 Å². The number of rotatable bonds is 4. The Morgan fingerprint density at radius 1 is 1.22 bits per heavy atom. The molecule has 5 heteroatoms. The van der Waals surface area contributed by atoms with Gasteiger partial charge in [0.1, 0.15) is 11.3 Å². The standard InChI is InChI=1S/C22H24N2O3/c1-14-7-8-19-16(11-14)17(20(23-19)21(25)26)12-24-10-9-22(27,13-24)18-6-4-3-5-15(18)2/h3-8,11,23,27H,9-10,12-13H2,1-2H3,(H,25,26)/t22-/m1/s1. The molecule has 0 aliphatic carbocycles. The van der Waals surface area contributed by atoms with Gasteiger partial charge in [0.25, 0.3) is 0 Å². The van der Waals surface area contributed by atoms with Crippen LogP contribution in [0.3, 0.4) is 0 Å². The number of nitrogens with one attached hydrogen (secondary N) is 1. The number of likely N-dealkylation sites (tertiary alicyclic amines) is 1. The van der Waals surface area contributed by atoms with Gasteiger partial charge >= 0.3 is 5.97 Å². The van der Waals surface area contributed by atoms with Crippen LogP contribution in [0.15, 0.2) is 42.5 Å². The summed E-state index contributed by atoms with van der Waals surface area (Å²) in [5, 5.41) is 21.8. The van der Waals surface area contributed by atoms with Crippen LogP contribution in [0, 0.1) is 13.8 Å². The fourth-order valence-electron chi connectivity index (χ4n) is 4.25. The molecule has 2 aromatic carbocycles. The van der Waals surface area contributed by atoms with E-state index in [1.54, 1.807) is 0 Å². The van der Waals surface area contributed by atoms with Crippen molar-refractivity contribution in [1.82, 2.24) is 9.88 Å². The minimum absolute atomic E-state index is 0.238. The van der Waals surface area contributed by atoms with Crippen molar-refractivity contribution in [2.75, 3.05) is 13.1 Å².